The normalized spacial score (nSPS) is 23.4. The van der Waals surface area contributed by atoms with Crippen LogP contribution in [-0.4, -0.2) is 12.7 Å². The van der Waals surface area contributed by atoms with Gasteiger partial charge in [-0.3, -0.25) is 0 Å². The average Bonchev–Trinajstić information content (AvgIpc) is 2.96. The van der Waals surface area contributed by atoms with Gasteiger partial charge in [-0.2, -0.15) is 4.39 Å². The molecule has 2 fully saturated rings. The highest BCUT2D eigenvalue weighted by molar-refractivity contribution is 5.32. The molecule has 2 aromatic rings. The van der Waals surface area contributed by atoms with E-state index in [1.54, 1.807) is 12.1 Å². The molecule has 0 saturated heterocycles. The Morgan fingerprint density at radius 2 is 1.23 bits per heavy atom. The van der Waals surface area contributed by atoms with E-state index in [1.165, 1.54) is 31.4 Å². The molecule has 0 aromatic heterocycles. The summed E-state index contributed by atoms with van der Waals surface area (Å²) in [5.74, 6) is -2.64. The highest BCUT2D eigenvalue weighted by atomic mass is 19.2. The van der Waals surface area contributed by atoms with E-state index >= 15 is 8.78 Å². The Labute approximate surface area is 237 Å². The molecule has 2 aromatic carbocycles. The van der Waals surface area contributed by atoms with Crippen molar-refractivity contribution >= 4 is 0 Å². The van der Waals surface area contributed by atoms with Crippen LogP contribution in [0.15, 0.2) is 24.3 Å². The molecule has 6 heteroatoms. The van der Waals surface area contributed by atoms with Gasteiger partial charge in [0.1, 0.15) is 0 Å². The molecule has 40 heavy (non-hydrogen) atoms. The second-order valence-corrected chi connectivity index (χ2v) is 12.1. The average molecular weight is 563 g/mol. The van der Waals surface area contributed by atoms with Crippen LogP contribution >= 0.6 is 0 Å². The lowest BCUT2D eigenvalue weighted by Gasteiger charge is -2.30. The van der Waals surface area contributed by atoms with Crippen molar-refractivity contribution in [2.24, 2.45) is 5.92 Å². The summed E-state index contributed by atoms with van der Waals surface area (Å²) in [6.07, 6.45) is 13.1. The molecule has 0 bridgehead atoms. The fourth-order valence-corrected chi connectivity index (χ4v) is 6.39. The van der Waals surface area contributed by atoms with E-state index in [0.29, 0.717) is 49.3 Å². The molecule has 2 aliphatic rings. The van der Waals surface area contributed by atoms with Crippen LogP contribution in [0.3, 0.4) is 0 Å². The molecular formula is C34H46F4O2. The molecule has 2 saturated carbocycles. The molecule has 4 rings (SSSR count). The molecule has 0 radical (unpaired) electrons. The Balaban J connectivity index is 1.23. The van der Waals surface area contributed by atoms with Gasteiger partial charge in [0.15, 0.2) is 23.2 Å². The van der Waals surface area contributed by atoms with Crippen molar-refractivity contribution in [2.45, 2.75) is 128 Å². The topological polar surface area (TPSA) is 18.5 Å². The summed E-state index contributed by atoms with van der Waals surface area (Å²) in [6, 6.07) is 6.58. The second-order valence-electron chi connectivity index (χ2n) is 12.1. The van der Waals surface area contributed by atoms with Crippen LogP contribution in [0.5, 0.6) is 5.75 Å². The third-order valence-electron chi connectivity index (χ3n) is 9.07. The van der Waals surface area contributed by atoms with Crippen LogP contribution in [0.25, 0.3) is 0 Å². The van der Waals surface area contributed by atoms with E-state index in [2.05, 4.69) is 13.8 Å². The zero-order chi connectivity index (χ0) is 28.5. The number of hydrogen-bond donors (Lipinski definition) is 0. The molecule has 2 nitrogen and oxygen atoms in total. The summed E-state index contributed by atoms with van der Waals surface area (Å²) >= 11 is 0. The number of ether oxygens (including phenoxy) is 2. The van der Waals surface area contributed by atoms with Gasteiger partial charge in [-0.15, -0.1) is 0 Å². The van der Waals surface area contributed by atoms with Crippen molar-refractivity contribution in [3.63, 3.8) is 0 Å². The Morgan fingerprint density at radius 1 is 0.650 bits per heavy atom. The van der Waals surface area contributed by atoms with Crippen molar-refractivity contribution in [1.29, 1.82) is 0 Å². The highest BCUT2D eigenvalue weighted by Gasteiger charge is 2.29. The van der Waals surface area contributed by atoms with Crippen LogP contribution in [0.2, 0.25) is 0 Å². The van der Waals surface area contributed by atoms with E-state index in [0.717, 1.165) is 44.9 Å². The quantitative estimate of drug-likeness (QED) is 0.179. The third-order valence-corrected chi connectivity index (χ3v) is 9.07. The highest BCUT2D eigenvalue weighted by Crippen LogP contribution is 2.41. The summed E-state index contributed by atoms with van der Waals surface area (Å²) in [5.41, 5.74) is 1.14. The van der Waals surface area contributed by atoms with Crippen molar-refractivity contribution in [3.8, 4) is 5.75 Å². The summed E-state index contributed by atoms with van der Waals surface area (Å²) in [6.45, 7) is 4.72. The maximum Gasteiger partial charge on any atom is 0.200 e. The van der Waals surface area contributed by atoms with Gasteiger partial charge < -0.3 is 9.47 Å². The predicted octanol–water partition coefficient (Wildman–Crippen LogP) is 10.5. The fraction of sp³-hybridized carbons (Fsp3) is 0.647. The molecule has 2 aliphatic carbocycles. The first-order valence-electron chi connectivity index (χ1n) is 15.6. The SMILES string of the molecule is CCCCCCCCOc1ccc(COC2CCC(c3ccc(C4CCC(C)CC4)c(F)c3F)CC2)c(F)c1F. The van der Waals surface area contributed by atoms with Crippen molar-refractivity contribution in [3.05, 3.63) is 64.2 Å². The molecular weight excluding hydrogens is 516 g/mol. The van der Waals surface area contributed by atoms with Gasteiger partial charge >= 0.3 is 0 Å². The molecule has 0 heterocycles. The van der Waals surface area contributed by atoms with Crippen LogP contribution in [0, 0.1) is 29.2 Å². The number of unbranched alkanes of at least 4 members (excludes halogenated alkanes) is 5. The Kier molecular flexibility index (Phi) is 11.8. The van der Waals surface area contributed by atoms with Gasteiger partial charge in [0.2, 0.25) is 5.82 Å². The van der Waals surface area contributed by atoms with Gasteiger partial charge in [-0.05, 0) is 86.0 Å². The molecule has 0 amide bonds. The van der Waals surface area contributed by atoms with E-state index < -0.39 is 23.3 Å². The lowest BCUT2D eigenvalue weighted by Crippen LogP contribution is -2.22. The molecule has 0 atom stereocenters. The summed E-state index contributed by atoms with van der Waals surface area (Å²) in [7, 11) is 0. The monoisotopic (exact) mass is 562 g/mol. The first-order chi connectivity index (χ1) is 19.4. The van der Waals surface area contributed by atoms with E-state index in [-0.39, 0.29) is 35.9 Å². The first-order valence-corrected chi connectivity index (χ1v) is 15.6. The number of halogens is 4. The Bertz CT molecular complexity index is 1070. The second kappa shape index (κ2) is 15.2. The summed E-state index contributed by atoms with van der Waals surface area (Å²) < 4.78 is 70.8. The molecule has 222 valence electrons. The lowest BCUT2D eigenvalue weighted by atomic mass is 9.77. The number of benzene rings is 2. The minimum absolute atomic E-state index is 0.0342. The standard InChI is InChI=1S/C34H46F4O2/c1-3-4-5-6-7-8-21-39-30-20-15-26(31(35)34(30)38)22-40-27-16-13-25(14-17-27)29-19-18-28(32(36)33(29)37)24-11-9-23(2)10-12-24/h15,18-20,23-25,27H,3-14,16-17,21-22H2,1-2H3. The minimum Gasteiger partial charge on any atom is -0.490 e. The maximum absolute atomic E-state index is 15.1. The zero-order valence-electron chi connectivity index (χ0n) is 24.3. The van der Waals surface area contributed by atoms with Crippen LogP contribution in [0.4, 0.5) is 17.6 Å². The maximum atomic E-state index is 15.1. The minimum atomic E-state index is -0.973. The van der Waals surface area contributed by atoms with E-state index in [4.69, 9.17) is 9.47 Å². The third kappa shape index (κ3) is 8.02. The van der Waals surface area contributed by atoms with Crippen LogP contribution in [-0.2, 0) is 11.3 Å². The molecule has 0 unspecified atom stereocenters. The largest absolute Gasteiger partial charge is 0.490 e. The molecule has 0 aliphatic heterocycles. The number of rotatable bonds is 13. The van der Waals surface area contributed by atoms with E-state index in [1.807, 2.05) is 0 Å². The van der Waals surface area contributed by atoms with Crippen molar-refractivity contribution in [1.82, 2.24) is 0 Å². The summed E-state index contributed by atoms with van der Waals surface area (Å²) in [4.78, 5) is 0. The summed E-state index contributed by atoms with van der Waals surface area (Å²) in [5, 5.41) is 0. The van der Waals surface area contributed by atoms with Gasteiger partial charge in [0, 0.05) is 5.56 Å². The van der Waals surface area contributed by atoms with Crippen LogP contribution < -0.4 is 4.74 Å². The van der Waals surface area contributed by atoms with Crippen LogP contribution in [0.1, 0.15) is 132 Å². The smallest absolute Gasteiger partial charge is 0.200 e. The number of hydrogen-bond acceptors (Lipinski definition) is 2. The predicted molar refractivity (Wildman–Crippen MR) is 152 cm³/mol. The van der Waals surface area contributed by atoms with E-state index in [9.17, 15) is 8.78 Å². The van der Waals surface area contributed by atoms with Gasteiger partial charge in [-0.25, -0.2) is 13.2 Å². The molecule has 0 N–H and O–H groups in total. The van der Waals surface area contributed by atoms with Crippen molar-refractivity contribution in [2.75, 3.05) is 6.61 Å². The van der Waals surface area contributed by atoms with Crippen molar-refractivity contribution < 1.29 is 27.0 Å². The fourth-order valence-electron chi connectivity index (χ4n) is 6.39. The van der Waals surface area contributed by atoms with Gasteiger partial charge in [0.25, 0.3) is 0 Å². The first kappa shape index (κ1) is 30.9. The lowest BCUT2D eigenvalue weighted by molar-refractivity contribution is 0.0116. The Morgan fingerprint density at radius 3 is 1.85 bits per heavy atom. The van der Waals surface area contributed by atoms with Gasteiger partial charge in [0.05, 0.1) is 19.3 Å². The molecule has 0 spiro atoms. The van der Waals surface area contributed by atoms with Gasteiger partial charge in [-0.1, -0.05) is 70.9 Å². The Hall–Kier alpha value is -2.08. The zero-order valence-corrected chi connectivity index (χ0v) is 24.3.